The minimum atomic E-state index is 0.556. The first-order chi connectivity index (χ1) is 12.7. The van der Waals surface area contributed by atoms with Gasteiger partial charge in [0.05, 0.1) is 6.67 Å². The molecule has 26 heavy (non-hydrogen) atoms. The molecule has 1 aliphatic carbocycles. The molecule has 1 fully saturated rings. The van der Waals surface area contributed by atoms with E-state index in [0.29, 0.717) is 17.5 Å². The van der Waals surface area contributed by atoms with Gasteiger partial charge in [-0.05, 0) is 74.0 Å². The van der Waals surface area contributed by atoms with Crippen molar-refractivity contribution < 1.29 is 4.42 Å². The van der Waals surface area contributed by atoms with Crippen LogP contribution in [0.4, 0.5) is 0 Å². The zero-order chi connectivity index (χ0) is 17.9. The fourth-order valence-corrected chi connectivity index (χ4v) is 3.09. The van der Waals surface area contributed by atoms with Crippen molar-refractivity contribution in [2.24, 2.45) is 0 Å². The van der Waals surface area contributed by atoms with Crippen molar-refractivity contribution in [3.8, 4) is 0 Å². The molecule has 0 bridgehead atoms. The quantitative estimate of drug-likeness (QED) is 0.639. The van der Waals surface area contributed by atoms with E-state index in [1.54, 1.807) is 0 Å². The molecule has 0 radical (unpaired) electrons. The highest BCUT2D eigenvalue weighted by molar-refractivity contribution is 7.71. The van der Waals surface area contributed by atoms with Gasteiger partial charge >= 0.3 is 0 Å². The number of nitrogens with zero attached hydrogens (tertiary/aromatic N) is 4. The van der Waals surface area contributed by atoms with Crippen molar-refractivity contribution in [2.45, 2.75) is 39.0 Å². The molecule has 1 saturated carbocycles. The van der Waals surface area contributed by atoms with Crippen molar-refractivity contribution >= 4 is 24.4 Å². The molecule has 0 aliphatic heterocycles. The van der Waals surface area contributed by atoms with Crippen LogP contribution in [0.25, 0.3) is 12.2 Å². The number of hydrogen-bond donors (Lipinski definition) is 1. The maximum atomic E-state index is 5.54. The number of rotatable bonds is 7. The summed E-state index contributed by atoms with van der Waals surface area (Å²) in [6, 6.07) is 8.59. The van der Waals surface area contributed by atoms with Crippen LogP contribution in [0.15, 0.2) is 41.1 Å². The van der Waals surface area contributed by atoms with Crippen LogP contribution in [0, 0.1) is 11.7 Å². The van der Waals surface area contributed by atoms with E-state index in [1.165, 1.54) is 18.4 Å². The molecular formula is C19H21N5OS. The van der Waals surface area contributed by atoms with E-state index in [2.05, 4.69) is 32.1 Å². The Morgan fingerprint density at radius 2 is 2.08 bits per heavy atom. The first kappa shape index (κ1) is 16.9. The van der Waals surface area contributed by atoms with Crippen LogP contribution in [0.1, 0.15) is 35.7 Å². The summed E-state index contributed by atoms with van der Waals surface area (Å²) in [6.07, 6.45) is 9.91. The Hall–Kier alpha value is -2.51. The van der Waals surface area contributed by atoms with Gasteiger partial charge in [0.1, 0.15) is 17.3 Å². The van der Waals surface area contributed by atoms with Crippen molar-refractivity contribution in [1.29, 1.82) is 0 Å². The lowest BCUT2D eigenvalue weighted by Gasteiger charge is -2.22. The average molecular weight is 367 g/mol. The van der Waals surface area contributed by atoms with Crippen LogP contribution in [0.3, 0.4) is 0 Å². The Bertz CT molecular complexity index is 952. The summed E-state index contributed by atoms with van der Waals surface area (Å²) in [5, 5.41) is 3.28. The van der Waals surface area contributed by atoms with Gasteiger partial charge in [0.2, 0.25) is 4.77 Å². The van der Waals surface area contributed by atoms with Gasteiger partial charge in [0.15, 0.2) is 0 Å². The Morgan fingerprint density at radius 3 is 2.77 bits per heavy atom. The van der Waals surface area contributed by atoms with Gasteiger partial charge in [-0.2, -0.15) is 4.98 Å². The van der Waals surface area contributed by atoms with E-state index in [-0.39, 0.29) is 0 Å². The third-order valence-electron chi connectivity index (χ3n) is 4.38. The van der Waals surface area contributed by atoms with Crippen molar-refractivity contribution in [3.63, 3.8) is 0 Å². The highest BCUT2D eigenvalue weighted by Gasteiger charge is 2.29. The summed E-state index contributed by atoms with van der Waals surface area (Å²) >= 11 is 5.42. The third-order valence-corrected chi connectivity index (χ3v) is 4.70. The molecule has 0 spiro atoms. The summed E-state index contributed by atoms with van der Waals surface area (Å²) in [5.41, 5.74) is 1.26. The summed E-state index contributed by atoms with van der Waals surface area (Å²) in [7, 11) is 0. The number of aromatic amines is 1. The zero-order valence-corrected chi connectivity index (χ0v) is 15.4. The molecule has 3 heterocycles. The zero-order valence-electron chi connectivity index (χ0n) is 14.6. The van der Waals surface area contributed by atoms with E-state index < -0.39 is 0 Å². The first-order valence-corrected chi connectivity index (χ1v) is 9.12. The molecule has 1 N–H and O–H groups in total. The summed E-state index contributed by atoms with van der Waals surface area (Å²) in [6.45, 7) is 3.51. The Morgan fingerprint density at radius 1 is 1.27 bits per heavy atom. The Balaban J connectivity index is 1.47. The second kappa shape index (κ2) is 7.39. The Labute approximate surface area is 157 Å². The molecule has 1 aliphatic rings. The number of pyridine rings is 1. The number of aryl methyl sites for hydroxylation is 1. The Kier molecular flexibility index (Phi) is 4.81. The molecule has 134 valence electrons. The molecule has 0 unspecified atom stereocenters. The first-order valence-electron chi connectivity index (χ1n) is 8.72. The number of nitrogens with one attached hydrogen (secondary N) is 1. The molecule has 6 nitrogen and oxygen atoms in total. The number of furan rings is 1. The van der Waals surface area contributed by atoms with Crippen molar-refractivity contribution in [1.82, 2.24) is 24.6 Å². The maximum absolute atomic E-state index is 5.54. The minimum Gasteiger partial charge on any atom is -0.462 e. The molecule has 7 heteroatoms. The van der Waals surface area contributed by atoms with Crippen LogP contribution in [-0.2, 0) is 13.2 Å². The van der Waals surface area contributed by atoms with E-state index in [9.17, 15) is 0 Å². The van der Waals surface area contributed by atoms with Gasteiger partial charge in [-0.3, -0.25) is 15.0 Å². The van der Waals surface area contributed by atoms with Crippen LogP contribution < -0.4 is 0 Å². The lowest BCUT2D eigenvalue weighted by Crippen LogP contribution is -2.29. The molecular weight excluding hydrogens is 346 g/mol. The van der Waals surface area contributed by atoms with Crippen LogP contribution in [0.5, 0.6) is 0 Å². The summed E-state index contributed by atoms with van der Waals surface area (Å²) in [5.74, 6) is 2.41. The van der Waals surface area contributed by atoms with Gasteiger partial charge in [-0.25, -0.2) is 4.68 Å². The van der Waals surface area contributed by atoms with E-state index in [4.69, 9.17) is 16.6 Å². The summed E-state index contributed by atoms with van der Waals surface area (Å²) in [4.78, 5) is 10.9. The third kappa shape index (κ3) is 4.17. The van der Waals surface area contributed by atoms with Crippen molar-refractivity contribution in [3.05, 3.63) is 64.3 Å². The molecule has 0 amide bonds. The van der Waals surface area contributed by atoms with Crippen LogP contribution in [-0.4, -0.2) is 30.7 Å². The number of hydrogen-bond acceptors (Lipinski definition) is 5. The van der Waals surface area contributed by atoms with Gasteiger partial charge in [0, 0.05) is 25.0 Å². The number of H-pyrrole nitrogens is 1. The van der Waals surface area contributed by atoms with Gasteiger partial charge in [-0.1, -0.05) is 0 Å². The number of aromatic nitrogens is 4. The monoisotopic (exact) mass is 367 g/mol. The standard InChI is InChI=1S/C19H21N5OS/c1-14-2-5-17(25-14)6-7-18-21-19(26)24(22-18)13-23(16-3-4-16)12-15-8-10-20-11-9-15/h2,5-11,16H,3-4,12-13H2,1H3,(H,21,22,26). The normalized spacial score (nSPS) is 14.5. The molecule has 0 atom stereocenters. The molecule has 4 rings (SSSR count). The molecule has 0 saturated heterocycles. The average Bonchev–Trinajstić information content (AvgIpc) is 3.32. The van der Waals surface area contributed by atoms with E-state index in [0.717, 1.165) is 23.9 Å². The largest absolute Gasteiger partial charge is 0.462 e. The highest BCUT2D eigenvalue weighted by atomic mass is 32.1. The second-order valence-electron chi connectivity index (χ2n) is 6.58. The molecule has 3 aromatic heterocycles. The maximum Gasteiger partial charge on any atom is 0.217 e. The van der Waals surface area contributed by atoms with Crippen LogP contribution >= 0.6 is 12.2 Å². The predicted molar refractivity (Wildman–Crippen MR) is 103 cm³/mol. The lowest BCUT2D eigenvalue weighted by molar-refractivity contribution is 0.186. The fraction of sp³-hybridized carbons (Fsp3) is 0.316. The van der Waals surface area contributed by atoms with E-state index in [1.807, 2.05) is 48.3 Å². The SMILES string of the molecule is Cc1ccc(C=Cc2nc(=S)n(CN(Cc3ccncc3)C3CC3)[nH]2)o1. The second-order valence-corrected chi connectivity index (χ2v) is 6.94. The minimum absolute atomic E-state index is 0.556. The van der Waals surface area contributed by atoms with Crippen molar-refractivity contribution in [2.75, 3.05) is 0 Å². The summed E-state index contributed by atoms with van der Waals surface area (Å²) < 4.78 is 8.01. The van der Waals surface area contributed by atoms with E-state index >= 15 is 0 Å². The highest BCUT2D eigenvalue weighted by Crippen LogP contribution is 2.28. The smallest absolute Gasteiger partial charge is 0.217 e. The lowest BCUT2D eigenvalue weighted by atomic mass is 10.2. The van der Waals surface area contributed by atoms with Gasteiger partial charge in [-0.15, -0.1) is 0 Å². The van der Waals surface area contributed by atoms with Gasteiger partial charge in [0.25, 0.3) is 0 Å². The predicted octanol–water partition coefficient (Wildman–Crippen LogP) is 4.03. The molecule has 0 aromatic carbocycles. The fourth-order valence-electron chi connectivity index (χ4n) is 2.89. The molecule has 3 aromatic rings. The van der Waals surface area contributed by atoms with Crippen LogP contribution in [0.2, 0.25) is 0 Å². The van der Waals surface area contributed by atoms with Gasteiger partial charge < -0.3 is 4.42 Å². The topological polar surface area (TPSA) is 62.9 Å².